The first kappa shape index (κ1) is 18.4. The van der Waals surface area contributed by atoms with E-state index in [9.17, 15) is 14.0 Å². The van der Waals surface area contributed by atoms with Gasteiger partial charge in [-0.2, -0.15) is 0 Å². The third-order valence-corrected chi connectivity index (χ3v) is 4.99. The summed E-state index contributed by atoms with van der Waals surface area (Å²) >= 11 is 0. The first-order valence-electron chi connectivity index (χ1n) is 9.21. The second kappa shape index (κ2) is 8.29. The van der Waals surface area contributed by atoms with Crippen LogP contribution >= 0.6 is 0 Å². The molecule has 1 aliphatic carbocycles. The minimum Gasteiger partial charge on any atom is -0.354 e. The lowest BCUT2D eigenvalue weighted by atomic mass is 9.87. The minimum atomic E-state index is -0.334. The lowest BCUT2D eigenvalue weighted by Crippen LogP contribution is -2.32. The van der Waals surface area contributed by atoms with Gasteiger partial charge in [-0.25, -0.2) is 13.9 Å². The molecule has 0 saturated heterocycles. The number of amides is 1. The van der Waals surface area contributed by atoms with Crippen molar-refractivity contribution in [2.45, 2.75) is 45.1 Å². The number of hydrogen-bond donors (Lipinski definition) is 1. The Balaban J connectivity index is 1.56. The van der Waals surface area contributed by atoms with E-state index in [-0.39, 0.29) is 17.4 Å². The summed E-state index contributed by atoms with van der Waals surface area (Å²) in [6.07, 6.45) is 6.54. The van der Waals surface area contributed by atoms with Crippen LogP contribution in [0.2, 0.25) is 0 Å². The van der Waals surface area contributed by atoms with Crippen molar-refractivity contribution < 1.29 is 9.18 Å². The smallest absolute Gasteiger partial charge is 0.345 e. The molecule has 0 radical (unpaired) electrons. The normalized spacial score (nSPS) is 15.2. The Bertz CT molecular complexity index is 804. The van der Waals surface area contributed by atoms with Crippen LogP contribution in [0.3, 0.4) is 0 Å². The van der Waals surface area contributed by atoms with Gasteiger partial charge in [0.1, 0.15) is 5.82 Å². The number of carbonyl (C=O) groups excluding carboxylic acids is 1. The third-order valence-electron chi connectivity index (χ3n) is 4.99. The molecule has 7 heteroatoms. The highest BCUT2D eigenvalue weighted by Crippen LogP contribution is 2.26. The predicted octanol–water partition coefficient (Wildman–Crippen LogP) is 2.47. The number of carbonyl (C=O) groups is 1. The van der Waals surface area contributed by atoms with E-state index in [4.69, 9.17) is 0 Å². The van der Waals surface area contributed by atoms with Gasteiger partial charge < -0.3 is 5.32 Å². The topological polar surface area (TPSA) is 68.9 Å². The number of aromatic nitrogens is 3. The van der Waals surface area contributed by atoms with Gasteiger partial charge >= 0.3 is 5.69 Å². The van der Waals surface area contributed by atoms with Crippen molar-refractivity contribution in [3.63, 3.8) is 0 Å². The van der Waals surface area contributed by atoms with E-state index in [0.717, 1.165) is 12.8 Å². The van der Waals surface area contributed by atoms with Gasteiger partial charge in [-0.15, -0.1) is 5.10 Å². The molecule has 0 atom stereocenters. The lowest BCUT2D eigenvalue weighted by molar-refractivity contribution is -0.122. The molecule has 0 spiro atoms. The molecule has 3 rings (SSSR count). The van der Waals surface area contributed by atoms with Crippen LogP contribution in [-0.4, -0.2) is 26.8 Å². The highest BCUT2D eigenvalue weighted by atomic mass is 19.1. The van der Waals surface area contributed by atoms with Crippen LogP contribution < -0.4 is 11.0 Å². The first-order chi connectivity index (χ1) is 12.5. The van der Waals surface area contributed by atoms with Crippen molar-refractivity contribution in [3.8, 4) is 11.4 Å². The summed E-state index contributed by atoms with van der Waals surface area (Å²) in [7, 11) is 1.63. The van der Waals surface area contributed by atoms with Crippen LogP contribution in [0.5, 0.6) is 0 Å². The van der Waals surface area contributed by atoms with E-state index in [2.05, 4.69) is 10.4 Å². The van der Waals surface area contributed by atoms with Gasteiger partial charge in [-0.05, 0) is 43.0 Å². The number of rotatable bonds is 6. The van der Waals surface area contributed by atoms with Crippen LogP contribution in [0.25, 0.3) is 11.4 Å². The highest BCUT2D eigenvalue weighted by molar-refractivity contribution is 5.76. The van der Waals surface area contributed by atoms with Gasteiger partial charge in [0, 0.05) is 25.6 Å². The molecule has 1 aromatic carbocycles. The largest absolute Gasteiger partial charge is 0.354 e. The zero-order chi connectivity index (χ0) is 18.5. The van der Waals surface area contributed by atoms with E-state index in [1.54, 1.807) is 19.2 Å². The van der Waals surface area contributed by atoms with Gasteiger partial charge in [0.05, 0.1) is 6.54 Å². The van der Waals surface area contributed by atoms with Gasteiger partial charge in [-0.1, -0.05) is 19.3 Å². The van der Waals surface area contributed by atoms with Crippen molar-refractivity contribution in [1.82, 2.24) is 19.7 Å². The Hall–Kier alpha value is -2.44. The molecule has 1 amide bonds. The molecule has 1 aliphatic rings. The van der Waals surface area contributed by atoms with Crippen LogP contribution in [0.1, 0.15) is 38.5 Å². The fourth-order valence-electron chi connectivity index (χ4n) is 3.51. The summed E-state index contributed by atoms with van der Waals surface area (Å²) in [5.41, 5.74) is 0.414. The fourth-order valence-corrected chi connectivity index (χ4v) is 3.51. The molecule has 1 heterocycles. The van der Waals surface area contributed by atoms with Crippen molar-refractivity contribution in [2.24, 2.45) is 13.0 Å². The predicted molar refractivity (Wildman–Crippen MR) is 97.1 cm³/mol. The second-order valence-corrected chi connectivity index (χ2v) is 6.95. The zero-order valence-corrected chi connectivity index (χ0v) is 15.1. The number of nitrogens with one attached hydrogen (secondary N) is 1. The molecule has 140 valence electrons. The van der Waals surface area contributed by atoms with E-state index in [1.165, 1.54) is 40.6 Å². The average Bonchev–Trinajstić information content (AvgIpc) is 2.92. The van der Waals surface area contributed by atoms with Gasteiger partial charge in [0.15, 0.2) is 5.82 Å². The zero-order valence-electron chi connectivity index (χ0n) is 15.1. The van der Waals surface area contributed by atoms with Gasteiger partial charge in [-0.3, -0.25) is 9.36 Å². The van der Waals surface area contributed by atoms with E-state index in [0.29, 0.717) is 36.8 Å². The Morgan fingerprint density at radius 1 is 1.23 bits per heavy atom. The summed E-state index contributed by atoms with van der Waals surface area (Å²) in [6.45, 7) is 0.676. The number of halogens is 1. The quantitative estimate of drug-likeness (QED) is 0.860. The number of nitrogens with zero attached hydrogens (tertiary/aromatic N) is 3. The SMILES string of the molecule is Cn1c(-c2ccc(F)cc2)nn(CCNC(=O)CC2CCCCC2)c1=O. The number of benzene rings is 1. The summed E-state index contributed by atoms with van der Waals surface area (Å²) in [5, 5.41) is 7.20. The number of hydrogen-bond acceptors (Lipinski definition) is 3. The summed E-state index contributed by atoms with van der Waals surface area (Å²) in [6, 6.07) is 5.86. The minimum absolute atomic E-state index is 0.0413. The van der Waals surface area contributed by atoms with Crippen LogP contribution in [-0.2, 0) is 18.4 Å². The summed E-state index contributed by atoms with van der Waals surface area (Å²) < 4.78 is 15.8. The lowest BCUT2D eigenvalue weighted by Gasteiger charge is -2.20. The van der Waals surface area contributed by atoms with Crippen LogP contribution in [0.4, 0.5) is 4.39 Å². The maximum Gasteiger partial charge on any atom is 0.345 e. The maximum atomic E-state index is 13.1. The molecule has 1 saturated carbocycles. The van der Waals surface area contributed by atoms with Crippen molar-refractivity contribution in [3.05, 3.63) is 40.6 Å². The van der Waals surface area contributed by atoms with E-state index < -0.39 is 0 Å². The molecule has 26 heavy (non-hydrogen) atoms. The van der Waals surface area contributed by atoms with E-state index in [1.807, 2.05) is 0 Å². The second-order valence-electron chi connectivity index (χ2n) is 6.95. The Kier molecular flexibility index (Phi) is 5.85. The first-order valence-corrected chi connectivity index (χ1v) is 9.21. The monoisotopic (exact) mass is 360 g/mol. The molecule has 0 unspecified atom stereocenters. The van der Waals surface area contributed by atoms with Crippen molar-refractivity contribution >= 4 is 5.91 Å². The van der Waals surface area contributed by atoms with Gasteiger partial charge in [0.2, 0.25) is 5.91 Å². The van der Waals surface area contributed by atoms with Crippen LogP contribution in [0, 0.1) is 11.7 Å². The molecule has 2 aromatic rings. The molecule has 1 aromatic heterocycles. The third kappa shape index (κ3) is 4.39. The molecule has 0 bridgehead atoms. The van der Waals surface area contributed by atoms with Crippen molar-refractivity contribution in [2.75, 3.05) is 6.54 Å². The summed E-state index contributed by atoms with van der Waals surface area (Å²) in [4.78, 5) is 24.4. The molecular formula is C19H25FN4O2. The molecule has 6 nitrogen and oxygen atoms in total. The van der Waals surface area contributed by atoms with Crippen LogP contribution in [0.15, 0.2) is 29.1 Å². The standard InChI is InChI=1S/C19H25FN4O2/c1-23-18(15-7-9-16(20)10-8-15)22-24(19(23)26)12-11-21-17(25)13-14-5-3-2-4-6-14/h7-10,14H,2-6,11-13H2,1H3,(H,21,25). The molecule has 1 fully saturated rings. The summed E-state index contributed by atoms with van der Waals surface area (Å²) in [5.74, 6) is 0.674. The Morgan fingerprint density at radius 2 is 1.92 bits per heavy atom. The van der Waals surface area contributed by atoms with Crippen molar-refractivity contribution in [1.29, 1.82) is 0 Å². The Labute approximate surface area is 152 Å². The molecule has 1 N–H and O–H groups in total. The van der Waals surface area contributed by atoms with Gasteiger partial charge in [0.25, 0.3) is 0 Å². The fraction of sp³-hybridized carbons (Fsp3) is 0.526. The molecular weight excluding hydrogens is 335 g/mol. The Morgan fingerprint density at radius 3 is 2.62 bits per heavy atom. The maximum absolute atomic E-state index is 13.1. The highest BCUT2D eigenvalue weighted by Gasteiger charge is 2.17. The average molecular weight is 360 g/mol. The van der Waals surface area contributed by atoms with E-state index >= 15 is 0 Å². The molecule has 0 aliphatic heterocycles.